The third-order valence-corrected chi connectivity index (χ3v) is 5.80. The highest BCUT2D eigenvalue weighted by molar-refractivity contribution is 6.31. The summed E-state index contributed by atoms with van der Waals surface area (Å²) in [5.74, 6) is -1.01. The molecule has 0 bridgehead atoms. The number of ether oxygens (including phenoxy) is 1. The Labute approximate surface area is 188 Å². The van der Waals surface area contributed by atoms with Crippen LogP contribution in [0.4, 0.5) is 5.82 Å². The smallest absolute Gasteiger partial charge is 0.301 e. The molecule has 0 fully saturated rings. The van der Waals surface area contributed by atoms with Crippen molar-refractivity contribution in [2.75, 3.05) is 5.32 Å². The highest BCUT2D eigenvalue weighted by Gasteiger charge is 2.48. The number of aromatic nitrogens is 2. The summed E-state index contributed by atoms with van der Waals surface area (Å²) in [6.07, 6.45) is 0. The monoisotopic (exact) mass is 456 g/mol. The van der Waals surface area contributed by atoms with Crippen LogP contribution in [0.3, 0.4) is 0 Å². The number of nitro groups is 1. The molecule has 0 saturated carbocycles. The predicted molar refractivity (Wildman–Crippen MR) is 119 cm³/mol. The number of amides is 1. The zero-order valence-electron chi connectivity index (χ0n) is 17.4. The van der Waals surface area contributed by atoms with E-state index >= 15 is 0 Å². The summed E-state index contributed by atoms with van der Waals surface area (Å²) in [5.41, 5.74) is 0.996. The minimum Gasteiger partial charge on any atom is -0.489 e. The summed E-state index contributed by atoms with van der Waals surface area (Å²) in [6.45, 7) is 3.92. The molecule has 4 rings (SSSR count). The van der Waals surface area contributed by atoms with E-state index in [1.165, 1.54) is 4.68 Å². The number of halogens is 1. The zero-order chi connectivity index (χ0) is 23.0. The van der Waals surface area contributed by atoms with Crippen LogP contribution in [0, 0.1) is 10.1 Å². The van der Waals surface area contributed by atoms with Crippen LogP contribution >= 0.6 is 11.6 Å². The van der Waals surface area contributed by atoms with Crippen LogP contribution in [0.1, 0.15) is 42.5 Å². The van der Waals surface area contributed by atoms with E-state index in [2.05, 4.69) is 10.4 Å². The molecule has 166 valence electrons. The van der Waals surface area contributed by atoms with E-state index in [4.69, 9.17) is 16.3 Å². The van der Waals surface area contributed by atoms with Gasteiger partial charge in [-0.2, -0.15) is 0 Å². The van der Waals surface area contributed by atoms with Crippen molar-refractivity contribution in [1.29, 1.82) is 0 Å². The van der Waals surface area contributed by atoms with E-state index in [9.17, 15) is 19.7 Å². The lowest BCUT2D eigenvalue weighted by molar-refractivity contribution is -0.509. The molecule has 10 heteroatoms. The van der Waals surface area contributed by atoms with E-state index in [0.717, 1.165) is 5.56 Å². The zero-order valence-corrected chi connectivity index (χ0v) is 18.1. The Kier molecular flexibility index (Phi) is 5.75. The van der Waals surface area contributed by atoms with Gasteiger partial charge in [-0.15, -0.1) is 0 Å². The lowest BCUT2D eigenvalue weighted by Crippen LogP contribution is -2.45. The van der Waals surface area contributed by atoms with Crippen LogP contribution in [0.25, 0.3) is 0 Å². The average Bonchev–Trinajstić information content (AvgIpc) is 3.08. The average molecular weight is 457 g/mol. The second-order valence-corrected chi connectivity index (χ2v) is 8.22. The number of carbonyl (C=O) groups excluding carboxylic acids is 1. The van der Waals surface area contributed by atoms with E-state index in [1.54, 1.807) is 30.3 Å². The number of aromatic amines is 1. The van der Waals surface area contributed by atoms with Crippen molar-refractivity contribution in [1.82, 2.24) is 9.78 Å². The van der Waals surface area contributed by atoms with Gasteiger partial charge in [0.15, 0.2) is 0 Å². The maximum absolute atomic E-state index is 12.7. The van der Waals surface area contributed by atoms with Gasteiger partial charge in [-0.05, 0) is 37.6 Å². The molecule has 2 atom stereocenters. The summed E-state index contributed by atoms with van der Waals surface area (Å²) < 4.78 is 7.28. The fraction of sp³-hybridized carbons (Fsp3) is 0.273. The van der Waals surface area contributed by atoms with Gasteiger partial charge in [0.25, 0.3) is 5.56 Å². The SMILES string of the molecule is CC(C)n1[nH]c(=O)c2c1NC(=O)[C@@H]([N+](=O)[O-])[C@@H]2c1ccc(OCc2ccccc2Cl)cc1. The first kappa shape index (κ1) is 21.6. The molecule has 0 saturated heterocycles. The standard InChI is InChI=1S/C22H21ClN4O5/c1-12(2)26-20-18(21(28)25-26)17(19(27(30)31)22(29)24-20)13-7-9-15(10-8-13)32-11-14-5-3-4-6-16(14)23/h3-10,12,17,19H,11H2,1-2H3,(H,24,29)(H,25,28)/t17-,19+/m1/s1. The molecule has 9 nitrogen and oxygen atoms in total. The van der Waals surface area contributed by atoms with Crippen molar-refractivity contribution >= 4 is 23.3 Å². The van der Waals surface area contributed by atoms with Gasteiger partial charge < -0.3 is 10.1 Å². The van der Waals surface area contributed by atoms with Crippen LogP contribution in [-0.4, -0.2) is 26.7 Å². The van der Waals surface area contributed by atoms with Crippen molar-refractivity contribution in [3.8, 4) is 5.75 Å². The lowest BCUT2D eigenvalue weighted by atomic mass is 9.83. The Balaban J connectivity index is 1.68. The predicted octanol–water partition coefficient (Wildman–Crippen LogP) is 3.72. The van der Waals surface area contributed by atoms with Crippen molar-refractivity contribution in [2.45, 2.75) is 38.5 Å². The molecular formula is C22H21ClN4O5. The van der Waals surface area contributed by atoms with Crippen LogP contribution < -0.4 is 15.6 Å². The van der Waals surface area contributed by atoms with Crippen molar-refractivity contribution < 1.29 is 14.5 Å². The summed E-state index contributed by atoms with van der Waals surface area (Å²) in [5, 5.41) is 17.6. The van der Waals surface area contributed by atoms with Crippen LogP contribution in [0.5, 0.6) is 5.75 Å². The van der Waals surface area contributed by atoms with E-state index < -0.39 is 28.3 Å². The molecule has 3 aromatic rings. The number of H-pyrrole nitrogens is 1. The molecule has 1 amide bonds. The molecule has 0 spiro atoms. The topological polar surface area (TPSA) is 119 Å². The number of nitrogens with zero attached hydrogens (tertiary/aromatic N) is 2. The van der Waals surface area contributed by atoms with Crippen molar-refractivity contribution in [2.24, 2.45) is 0 Å². The molecule has 0 aliphatic carbocycles. The fourth-order valence-electron chi connectivity index (χ4n) is 3.88. The van der Waals surface area contributed by atoms with Crippen LogP contribution in [0.15, 0.2) is 53.3 Å². The maximum atomic E-state index is 12.7. The van der Waals surface area contributed by atoms with Gasteiger partial charge in [0, 0.05) is 21.6 Å². The second kappa shape index (κ2) is 8.51. The van der Waals surface area contributed by atoms with Gasteiger partial charge in [0.1, 0.15) is 18.2 Å². The number of fused-ring (bicyclic) bond motifs is 1. The fourth-order valence-corrected chi connectivity index (χ4v) is 4.07. The van der Waals surface area contributed by atoms with E-state index in [0.29, 0.717) is 16.3 Å². The highest BCUT2D eigenvalue weighted by atomic mass is 35.5. The normalized spacial score (nSPS) is 17.7. The van der Waals surface area contributed by atoms with Crippen molar-refractivity contribution in [3.05, 3.63) is 90.7 Å². The first-order valence-corrected chi connectivity index (χ1v) is 10.4. The molecule has 0 radical (unpaired) electrons. The number of hydrogen-bond donors (Lipinski definition) is 2. The van der Waals surface area contributed by atoms with Gasteiger partial charge in [-0.1, -0.05) is 41.9 Å². The molecule has 1 aromatic heterocycles. The molecule has 2 heterocycles. The van der Waals surface area contributed by atoms with E-state index in [1.807, 2.05) is 32.0 Å². The first-order chi connectivity index (χ1) is 15.3. The third kappa shape index (κ3) is 3.87. The number of carbonyl (C=O) groups is 1. The molecular weight excluding hydrogens is 436 g/mol. The molecule has 1 aliphatic rings. The maximum Gasteiger partial charge on any atom is 0.301 e. The number of nitrogens with one attached hydrogen (secondary N) is 2. The Morgan fingerprint density at radius 2 is 1.84 bits per heavy atom. The molecule has 32 heavy (non-hydrogen) atoms. The number of rotatable bonds is 6. The Morgan fingerprint density at radius 1 is 1.16 bits per heavy atom. The largest absolute Gasteiger partial charge is 0.489 e. The number of anilines is 1. The second-order valence-electron chi connectivity index (χ2n) is 7.81. The minimum atomic E-state index is -1.62. The summed E-state index contributed by atoms with van der Waals surface area (Å²) >= 11 is 6.15. The number of benzene rings is 2. The van der Waals surface area contributed by atoms with Gasteiger partial charge in [-0.25, -0.2) is 0 Å². The van der Waals surface area contributed by atoms with Crippen LogP contribution in [0.2, 0.25) is 5.02 Å². The van der Waals surface area contributed by atoms with Crippen molar-refractivity contribution in [3.63, 3.8) is 0 Å². The first-order valence-electron chi connectivity index (χ1n) is 10.0. The summed E-state index contributed by atoms with van der Waals surface area (Å²) in [4.78, 5) is 36.4. The van der Waals surface area contributed by atoms with Crippen LogP contribution in [-0.2, 0) is 11.4 Å². The quantitative estimate of drug-likeness (QED) is 0.432. The minimum absolute atomic E-state index is 0.153. The molecule has 0 unspecified atom stereocenters. The Bertz CT molecular complexity index is 1230. The van der Waals surface area contributed by atoms with Gasteiger partial charge in [0.2, 0.25) is 0 Å². The highest BCUT2D eigenvalue weighted by Crippen LogP contribution is 2.38. The van der Waals surface area contributed by atoms with Gasteiger partial charge in [0.05, 0.1) is 11.5 Å². The molecule has 1 aliphatic heterocycles. The molecule has 2 aromatic carbocycles. The number of hydrogen-bond acceptors (Lipinski definition) is 5. The third-order valence-electron chi connectivity index (χ3n) is 5.43. The van der Waals surface area contributed by atoms with Gasteiger partial charge in [-0.3, -0.25) is 29.5 Å². The Morgan fingerprint density at radius 3 is 2.47 bits per heavy atom. The van der Waals surface area contributed by atoms with E-state index in [-0.39, 0.29) is 24.0 Å². The lowest BCUT2D eigenvalue weighted by Gasteiger charge is -2.26. The summed E-state index contributed by atoms with van der Waals surface area (Å²) in [6, 6.07) is 12.1. The molecule has 2 N–H and O–H groups in total. The Hall–Kier alpha value is -3.59. The summed E-state index contributed by atoms with van der Waals surface area (Å²) in [7, 11) is 0. The van der Waals surface area contributed by atoms with Gasteiger partial charge >= 0.3 is 11.9 Å².